The third kappa shape index (κ3) is 4.81. The monoisotopic (exact) mass is 444 g/mol. The molecule has 0 aliphatic carbocycles. The Labute approximate surface area is 178 Å². The van der Waals surface area contributed by atoms with E-state index in [1.165, 1.54) is 6.07 Å². The van der Waals surface area contributed by atoms with Crippen molar-refractivity contribution < 1.29 is 22.7 Å². The topological polar surface area (TPSA) is 93.7 Å². The van der Waals surface area contributed by atoms with Gasteiger partial charge in [0, 0.05) is 11.8 Å². The summed E-state index contributed by atoms with van der Waals surface area (Å²) in [5.74, 6) is 0.687. The molecule has 0 fully saturated rings. The summed E-state index contributed by atoms with van der Waals surface area (Å²) in [6.45, 7) is 0.907. The Morgan fingerprint density at radius 2 is 1.77 bits per heavy atom. The van der Waals surface area contributed by atoms with E-state index in [1.807, 2.05) is 30.3 Å². The van der Waals surface area contributed by atoms with Gasteiger partial charge in [0.1, 0.15) is 23.5 Å². The van der Waals surface area contributed by atoms with Crippen molar-refractivity contribution in [2.75, 3.05) is 18.5 Å². The van der Waals surface area contributed by atoms with Gasteiger partial charge in [-0.3, -0.25) is 4.79 Å². The number of thiophene rings is 1. The van der Waals surface area contributed by atoms with Crippen LogP contribution in [0.3, 0.4) is 0 Å². The number of rotatable bonds is 7. The summed E-state index contributed by atoms with van der Waals surface area (Å²) in [7, 11) is -3.82. The first-order valence-electron chi connectivity index (χ1n) is 9.31. The van der Waals surface area contributed by atoms with Crippen LogP contribution in [0.2, 0.25) is 0 Å². The van der Waals surface area contributed by atoms with Gasteiger partial charge in [0.2, 0.25) is 5.91 Å². The Balaban J connectivity index is 1.56. The summed E-state index contributed by atoms with van der Waals surface area (Å²) < 4.78 is 39.2. The van der Waals surface area contributed by atoms with Gasteiger partial charge in [-0.25, -0.2) is 8.42 Å². The summed E-state index contributed by atoms with van der Waals surface area (Å²) >= 11 is 1.10. The van der Waals surface area contributed by atoms with Gasteiger partial charge in [-0.15, -0.1) is 11.3 Å². The second kappa shape index (κ2) is 8.86. The molecule has 1 aliphatic heterocycles. The molecule has 1 aromatic heterocycles. The molecule has 1 unspecified atom stereocenters. The highest BCUT2D eigenvalue weighted by atomic mass is 32.2. The Morgan fingerprint density at radius 1 is 1.00 bits per heavy atom. The number of sulfonamides is 1. The molecule has 1 atom stereocenters. The molecule has 0 saturated heterocycles. The molecule has 3 aromatic rings. The number of hydrogen-bond donors (Lipinski definition) is 2. The number of amides is 1. The maximum Gasteiger partial charge on any atom is 0.250 e. The zero-order chi connectivity index (χ0) is 21.0. The molecule has 0 spiro atoms. The fraction of sp³-hybridized carbons (Fsp3) is 0.190. The van der Waals surface area contributed by atoms with Gasteiger partial charge >= 0.3 is 0 Å². The molecule has 7 nitrogen and oxygen atoms in total. The van der Waals surface area contributed by atoms with Crippen molar-refractivity contribution in [2.24, 2.45) is 0 Å². The van der Waals surface area contributed by atoms with E-state index in [0.29, 0.717) is 30.4 Å². The molecule has 0 radical (unpaired) electrons. The molecule has 4 rings (SSSR count). The molecule has 2 aromatic carbocycles. The number of benzene rings is 2. The highest BCUT2D eigenvalue weighted by molar-refractivity contribution is 7.91. The van der Waals surface area contributed by atoms with E-state index in [2.05, 4.69) is 10.0 Å². The van der Waals surface area contributed by atoms with E-state index in [9.17, 15) is 13.2 Å². The molecular weight excluding hydrogens is 424 g/mol. The van der Waals surface area contributed by atoms with Crippen LogP contribution >= 0.6 is 11.3 Å². The van der Waals surface area contributed by atoms with E-state index in [0.717, 1.165) is 16.9 Å². The van der Waals surface area contributed by atoms with Gasteiger partial charge in [0.05, 0.1) is 0 Å². The highest BCUT2D eigenvalue weighted by Crippen LogP contribution is 2.32. The fourth-order valence-corrected chi connectivity index (χ4v) is 5.25. The second-order valence-electron chi connectivity index (χ2n) is 6.64. The first kappa shape index (κ1) is 20.4. The largest absolute Gasteiger partial charge is 0.486 e. The Bertz CT molecular complexity index is 1120. The maximum atomic E-state index is 13.0. The molecule has 2 N–H and O–H groups in total. The molecule has 9 heteroatoms. The molecule has 156 valence electrons. The van der Waals surface area contributed by atoms with Crippen LogP contribution < -0.4 is 19.5 Å². The number of carbonyl (C=O) groups excluding carboxylic acids is 1. The van der Waals surface area contributed by atoms with E-state index in [4.69, 9.17) is 9.47 Å². The number of nitrogens with one attached hydrogen (secondary N) is 2. The van der Waals surface area contributed by atoms with Crippen LogP contribution in [-0.2, 0) is 21.2 Å². The molecule has 2 heterocycles. The van der Waals surface area contributed by atoms with Crippen LogP contribution in [0.25, 0.3) is 0 Å². The van der Waals surface area contributed by atoms with E-state index in [1.54, 1.807) is 29.6 Å². The lowest BCUT2D eigenvalue weighted by atomic mass is 10.1. The average Bonchev–Trinajstić information content (AvgIpc) is 3.30. The summed E-state index contributed by atoms with van der Waals surface area (Å²) in [4.78, 5) is 13.0. The zero-order valence-corrected chi connectivity index (χ0v) is 17.5. The average molecular weight is 445 g/mol. The van der Waals surface area contributed by atoms with Gasteiger partial charge in [-0.2, -0.15) is 4.72 Å². The Hall–Kier alpha value is -2.88. The van der Waals surface area contributed by atoms with Crippen molar-refractivity contribution in [3.05, 3.63) is 71.6 Å². The molecular formula is C21H20N2O5S2. The quantitative estimate of drug-likeness (QED) is 0.584. The van der Waals surface area contributed by atoms with Crippen molar-refractivity contribution >= 4 is 33.0 Å². The molecule has 1 aliphatic rings. The normalized spacial score (nSPS) is 14.1. The van der Waals surface area contributed by atoms with Crippen LogP contribution in [0.1, 0.15) is 5.56 Å². The molecule has 0 saturated carbocycles. The van der Waals surface area contributed by atoms with Crippen molar-refractivity contribution in [3.63, 3.8) is 0 Å². The van der Waals surface area contributed by atoms with E-state index in [-0.39, 0.29) is 10.6 Å². The maximum absolute atomic E-state index is 13.0. The van der Waals surface area contributed by atoms with Crippen molar-refractivity contribution in [3.8, 4) is 11.5 Å². The first-order chi connectivity index (χ1) is 14.5. The van der Waals surface area contributed by atoms with Gasteiger partial charge in [0.15, 0.2) is 11.5 Å². The fourth-order valence-electron chi connectivity index (χ4n) is 3.05. The van der Waals surface area contributed by atoms with Gasteiger partial charge in [-0.1, -0.05) is 36.4 Å². The van der Waals surface area contributed by atoms with Crippen molar-refractivity contribution in [2.45, 2.75) is 16.7 Å². The number of carbonyl (C=O) groups is 1. The van der Waals surface area contributed by atoms with Gasteiger partial charge in [-0.05, 0) is 35.6 Å². The van der Waals surface area contributed by atoms with Gasteiger partial charge < -0.3 is 14.8 Å². The molecule has 1 amide bonds. The lowest BCUT2D eigenvalue weighted by molar-refractivity contribution is -0.117. The summed E-state index contributed by atoms with van der Waals surface area (Å²) in [5.41, 5.74) is 1.34. The standard InChI is InChI=1S/C21H20N2O5S2/c24-21(22-16-8-9-18-19(14-16)28-11-10-27-18)17(13-15-5-2-1-3-6-15)23-30(25,26)20-7-4-12-29-20/h1-9,12,14,17,23H,10-11,13H2,(H,22,24). The van der Waals surface area contributed by atoms with Crippen molar-refractivity contribution in [1.29, 1.82) is 0 Å². The van der Waals surface area contributed by atoms with Crippen LogP contribution in [-0.4, -0.2) is 33.6 Å². The predicted octanol–water partition coefficient (Wildman–Crippen LogP) is 3.05. The number of ether oxygens (including phenoxy) is 2. The Morgan fingerprint density at radius 3 is 2.50 bits per heavy atom. The minimum atomic E-state index is -3.82. The van der Waals surface area contributed by atoms with E-state index < -0.39 is 22.0 Å². The lowest BCUT2D eigenvalue weighted by Gasteiger charge is -2.21. The van der Waals surface area contributed by atoms with E-state index >= 15 is 0 Å². The second-order valence-corrected chi connectivity index (χ2v) is 9.53. The highest BCUT2D eigenvalue weighted by Gasteiger charge is 2.27. The first-order valence-corrected chi connectivity index (χ1v) is 11.7. The summed E-state index contributed by atoms with van der Waals surface area (Å²) in [5, 5.41) is 4.46. The number of anilines is 1. The van der Waals surface area contributed by atoms with Gasteiger partial charge in [0.25, 0.3) is 10.0 Å². The third-order valence-corrected chi connectivity index (χ3v) is 7.34. The smallest absolute Gasteiger partial charge is 0.250 e. The molecule has 30 heavy (non-hydrogen) atoms. The Kier molecular flexibility index (Phi) is 6.03. The number of fused-ring (bicyclic) bond motifs is 1. The van der Waals surface area contributed by atoms with Crippen LogP contribution in [0, 0.1) is 0 Å². The van der Waals surface area contributed by atoms with Crippen LogP contribution in [0.5, 0.6) is 11.5 Å². The molecule has 0 bridgehead atoms. The van der Waals surface area contributed by atoms with Crippen molar-refractivity contribution in [1.82, 2.24) is 4.72 Å². The van der Waals surface area contributed by atoms with Crippen LogP contribution in [0.15, 0.2) is 70.3 Å². The SMILES string of the molecule is O=C(Nc1ccc2c(c1)OCCO2)C(Cc1ccccc1)NS(=O)(=O)c1cccs1. The third-order valence-electron chi connectivity index (χ3n) is 4.47. The minimum Gasteiger partial charge on any atom is -0.486 e. The van der Waals surface area contributed by atoms with Crippen LogP contribution in [0.4, 0.5) is 5.69 Å². The number of hydrogen-bond acceptors (Lipinski definition) is 6. The summed E-state index contributed by atoms with van der Waals surface area (Å²) in [6.07, 6.45) is 0.210. The predicted molar refractivity (Wildman–Crippen MR) is 115 cm³/mol. The lowest BCUT2D eigenvalue weighted by Crippen LogP contribution is -2.45. The zero-order valence-electron chi connectivity index (χ0n) is 15.9. The minimum absolute atomic E-state index is 0.160. The summed E-state index contributed by atoms with van der Waals surface area (Å²) in [6, 6.07) is 16.5.